The number of benzene rings is 1. The first-order valence-electron chi connectivity index (χ1n) is 6.65. The molecule has 1 aromatic carbocycles. The summed E-state index contributed by atoms with van der Waals surface area (Å²) in [6.45, 7) is 1.40. The lowest BCUT2D eigenvalue weighted by atomic mass is 10.1. The molecular formula is C13H17ClN2O6S. The zero-order valence-electron chi connectivity index (χ0n) is 12.7. The number of ether oxygens (including phenoxy) is 1. The smallest absolute Gasteiger partial charge is 0.338 e. The van der Waals surface area contributed by atoms with Crippen molar-refractivity contribution in [2.45, 2.75) is 19.8 Å². The van der Waals surface area contributed by atoms with E-state index in [1.165, 1.54) is 13.0 Å². The first-order chi connectivity index (χ1) is 10.7. The number of nitro benzene ring substituents is 1. The average molecular weight is 365 g/mol. The van der Waals surface area contributed by atoms with Gasteiger partial charge in [0, 0.05) is 11.9 Å². The Hall–Kier alpha value is -1.87. The lowest BCUT2D eigenvalue weighted by Gasteiger charge is -2.12. The molecule has 0 atom stereocenters. The van der Waals surface area contributed by atoms with Crippen molar-refractivity contribution in [3.8, 4) is 0 Å². The summed E-state index contributed by atoms with van der Waals surface area (Å²) in [4.78, 5) is 22.0. The number of unbranched alkanes of at least 4 members (excludes halogenated alkanes) is 1. The first-order valence-corrected chi connectivity index (χ1v) is 8.84. The Kier molecular flexibility index (Phi) is 6.77. The summed E-state index contributed by atoms with van der Waals surface area (Å²) in [6, 6.07) is 2.26. The number of nitrogens with one attached hydrogen (secondary N) is 1. The number of carbonyl (C=O) groups excluding carboxylic acids is 1. The van der Waals surface area contributed by atoms with Crippen LogP contribution in [0.3, 0.4) is 0 Å². The minimum Gasteiger partial charge on any atom is -0.465 e. The van der Waals surface area contributed by atoms with Gasteiger partial charge in [-0.05, 0) is 25.8 Å². The molecule has 0 saturated heterocycles. The summed E-state index contributed by atoms with van der Waals surface area (Å²) in [6.07, 6.45) is 0.889. The zero-order chi connectivity index (χ0) is 17.6. The quantitative estimate of drug-likeness (QED) is 0.249. The van der Waals surface area contributed by atoms with Gasteiger partial charge in [-0.3, -0.25) is 14.8 Å². The number of rotatable bonds is 8. The number of alkyl halides is 1. The lowest BCUT2D eigenvalue weighted by Crippen LogP contribution is -2.18. The molecule has 0 aliphatic carbocycles. The van der Waals surface area contributed by atoms with E-state index in [1.54, 1.807) is 0 Å². The summed E-state index contributed by atoms with van der Waals surface area (Å²) in [7, 11) is -2.58. The molecule has 0 fully saturated rings. The summed E-state index contributed by atoms with van der Waals surface area (Å²) in [5, 5.41) is 11.1. The average Bonchev–Trinajstić information content (AvgIpc) is 2.48. The monoisotopic (exact) mass is 364 g/mol. The number of anilines is 1. The van der Waals surface area contributed by atoms with Crippen molar-refractivity contribution in [2.75, 3.05) is 23.5 Å². The van der Waals surface area contributed by atoms with E-state index < -0.39 is 20.9 Å². The van der Waals surface area contributed by atoms with E-state index in [0.29, 0.717) is 18.7 Å². The Labute approximate surface area is 139 Å². The highest BCUT2D eigenvalue weighted by Gasteiger charge is 2.22. The highest BCUT2D eigenvalue weighted by Crippen LogP contribution is 2.29. The normalized spacial score (nSPS) is 11.1. The van der Waals surface area contributed by atoms with Crippen molar-refractivity contribution in [3.05, 3.63) is 33.4 Å². The zero-order valence-corrected chi connectivity index (χ0v) is 14.2. The third-order valence-electron chi connectivity index (χ3n) is 3.06. The molecule has 0 amide bonds. The van der Waals surface area contributed by atoms with Crippen LogP contribution in [0.25, 0.3) is 0 Å². The number of methoxy groups -OCH3 is 1. The van der Waals surface area contributed by atoms with Crippen LogP contribution in [-0.4, -0.2) is 38.1 Å². The second-order valence-electron chi connectivity index (χ2n) is 4.73. The van der Waals surface area contributed by atoms with Gasteiger partial charge in [-0.1, -0.05) is 0 Å². The van der Waals surface area contributed by atoms with E-state index in [-0.39, 0.29) is 28.3 Å². The molecule has 23 heavy (non-hydrogen) atoms. The van der Waals surface area contributed by atoms with Crippen molar-refractivity contribution in [2.24, 2.45) is 0 Å². The number of esters is 1. The number of hydrogen-bond acceptors (Lipinski definition) is 6. The third-order valence-corrected chi connectivity index (χ3v) is 4.68. The predicted octanol–water partition coefficient (Wildman–Crippen LogP) is 2.45. The van der Waals surface area contributed by atoms with Gasteiger partial charge in [-0.15, -0.1) is 11.6 Å². The Balaban J connectivity index is 3.21. The van der Waals surface area contributed by atoms with Crippen molar-refractivity contribution >= 4 is 39.0 Å². The van der Waals surface area contributed by atoms with Gasteiger partial charge < -0.3 is 4.74 Å². The van der Waals surface area contributed by atoms with Crippen molar-refractivity contribution in [1.82, 2.24) is 0 Å². The number of nitro groups is 1. The van der Waals surface area contributed by atoms with Crippen LogP contribution in [0, 0.1) is 17.0 Å². The molecule has 1 N–H and O–H groups in total. The fraction of sp³-hybridized carbons (Fsp3) is 0.462. The number of carbonyl (C=O) groups is 1. The Morgan fingerprint density at radius 2 is 2.04 bits per heavy atom. The molecule has 0 aliphatic rings. The van der Waals surface area contributed by atoms with E-state index in [1.807, 2.05) is 0 Å². The molecule has 0 aromatic heterocycles. The highest BCUT2D eigenvalue weighted by molar-refractivity contribution is 7.92. The molecule has 1 aromatic rings. The second kappa shape index (κ2) is 8.11. The SMILES string of the molecule is COC(=O)c1cc(NS(=O)(=O)CCCCCl)c(C)c([N+](=O)[O-])c1. The van der Waals surface area contributed by atoms with Crippen molar-refractivity contribution < 1.29 is 22.9 Å². The molecule has 8 nitrogen and oxygen atoms in total. The molecule has 0 saturated carbocycles. The van der Waals surface area contributed by atoms with E-state index in [9.17, 15) is 23.3 Å². The Morgan fingerprint density at radius 1 is 1.39 bits per heavy atom. The molecule has 0 radical (unpaired) electrons. The van der Waals surface area contributed by atoms with Crippen LogP contribution in [0.4, 0.5) is 11.4 Å². The molecule has 10 heteroatoms. The molecule has 128 valence electrons. The van der Waals surface area contributed by atoms with Crippen LogP contribution >= 0.6 is 11.6 Å². The van der Waals surface area contributed by atoms with Crippen LogP contribution < -0.4 is 4.72 Å². The predicted molar refractivity (Wildman–Crippen MR) is 86.5 cm³/mol. The fourth-order valence-corrected chi connectivity index (χ4v) is 3.26. The number of sulfonamides is 1. The summed E-state index contributed by atoms with van der Waals surface area (Å²) in [5.41, 5.74) is -0.385. The second-order valence-corrected chi connectivity index (χ2v) is 6.95. The van der Waals surface area contributed by atoms with Crippen molar-refractivity contribution in [3.63, 3.8) is 0 Å². The molecular weight excluding hydrogens is 348 g/mol. The third kappa shape index (κ3) is 5.36. The van der Waals surface area contributed by atoms with E-state index in [4.69, 9.17) is 11.6 Å². The van der Waals surface area contributed by atoms with Gasteiger partial charge >= 0.3 is 5.97 Å². The molecule has 0 unspecified atom stereocenters. The topological polar surface area (TPSA) is 116 Å². The van der Waals surface area contributed by atoms with Crippen LogP contribution in [0.15, 0.2) is 12.1 Å². The van der Waals surface area contributed by atoms with E-state index in [0.717, 1.165) is 13.2 Å². The van der Waals surface area contributed by atoms with Crippen molar-refractivity contribution in [1.29, 1.82) is 0 Å². The van der Waals surface area contributed by atoms with Gasteiger partial charge in [0.15, 0.2) is 0 Å². The van der Waals surface area contributed by atoms with Gasteiger partial charge in [-0.2, -0.15) is 0 Å². The maximum absolute atomic E-state index is 12.0. The van der Waals surface area contributed by atoms with Crippen LogP contribution in [-0.2, 0) is 14.8 Å². The van der Waals surface area contributed by atoms with E-state index in [2.05, 4.69) is 9.46 Å². The summed E-state index contributed by atoms with van der Waals surface area (Å²) >= 11 is 5.50. The highest BCUT2D eigenvalue weighted by atomic mass is 35.5. The molecule has 0 heterocycles. The molecule has 0 bridgehead atoms. The van der Waals surface area contributed by atoms with Gasteiger partial charge in [0.25, 0.3) is 5.69 Å². The summed E-state index contributed by atoms with van der Waals surface area (Å²) < 4.78 is 30.8. The summed E-state index contributed by atoms with van der Waals surface area (Å²) in [5.74, 6) is -0.622. The van der Waals surface area contributed by atoms with Crippen LogP contribution in [0.2, 0.25) is 0 Å². The Morgan fingerprint density at radius 3 is 2.57 bits per heavy atom. The molecule has 1 rings (SSSR count). The van der Waals surface area contributed by atoms with Gasteiger partial charge in [-0.25, -0.2) is 13.2 Å². The van der Waals surface area contributed by atoms with Crippen LogP contribution in [0.5, 0.6) is 0 Å². The minimum absolute atomic E-state index is 0.0227. The lowest BCUT2D eigenvalue weighted by molar-refractivity contribution is -0.385. The standard InChI is InChI=1S/C13H17ClN2O6S/c1-9-11(15-23(20,21)6-4-3-5-14)7-10(13(17)22-2)8-12(9)16(18)19/h7-8,15H,3-6H2,1-2H3. The van der Waals surface area contributed by atoms with Crippen LogP contribution in [0.1, 0.15) is 28.8 Å². The maximum Gasteiger partial charge on any atom is 0.338 e. The number of halogens is 1. The Bertz CT molecular complexity index is 705. The largest absolute Gasteiger partial charge is 0.465 e. The number of hydrogen-bond donors (Lipinski definition) is 1. The molecule has 0 aliphatic heterocycles. The van der Waals surface area contributed by atoms with E-state index >= 15 is 0 Å². The fourth-order valence-electron chi connectivity index (χ4n) is 1.84. The maximum atomic E-state index is 12.0. The van der Waals surface area contributed by atoms with Gasteiger partial charge in [0.05, 0.1) is 34.6 Å². The van der Waals surface area contributed by atoms with Gasteiger partial charge in [0.1, 0.15) is 0 Å². The minimum atomic E-state index is -3.70. The molecule has 0 spiro atoms. The first kappa shape index (κ1) is 19.2. The van der Waals surface area contributed by atoms with Gasteiger partial charge in [0.2, 0.25) is 10.0 Å². The number of nitrogens with zero attached hydrogens (tertiary/aromatic N) is 1.